The van der Waals surface area contributed by atoms with Crippen molar-refractivity contribution in [3.05, 3.63) is 383 Å². The lowest BCUT2D eigenvalue weighted by Crippen LogP contribution is -2.16. The van der Waals surface area contributed by atoms with Crippen molar-refractivity contribution in [2.24, 2.45) is 0 Å². The quantitative estimate of drug-likeness (QED) is 0.113. The Morgan fingerprint density at radius 1 is 0.194 bits per heavy atom. The second-order valence-corrected chi connectivity index (χ2v) is 30.1. The molecule has 0 saturated heterocycles. The molecule has 19 rings (SSSR count). The topological polar surface area (TPSA) is 6.48 Å². The van der Waals surface area contributed by atoms with Crippen LogP contribution in [-0.4, -0.2) is 0 Å². The summed E-state index contributed by atoms with van der Waals surface area (Å²) in [5.74, 6) is 0. The van der Waals surface area contributed by atoms with Crippen molar-refractivity contribution < 1.29 is 0 Å². The number of hydrogen-bond donors (Lipinski definition) is 0. The maximum atomic E-state index is 2.44. The van der Waals surface area contributed by atoms with Crippen molar-refractivity contribution >= 4 is 102 Å². The molecule has 0 radical (unpaired) electrons. The Balaban J connectivity index is 0.567. The third kappa shape index (κ3) is 10.4. The highest BCUT2D eigenvalue weighted by Crippen LogP contribution is 2.55. The van der Waals surface area contributed by atoms with E-state index in [1.165, 1.54) is 154 Å². The summed E-state index contributed by atoms with van der Waals surface area (Å²) in [6, 6.07) is 122. The second kappa shape index (κ2) is 23.9. The van der Waals surface area contributed by atoms with Crippen molar-refractivity contribution in [1.29, 1.82) is 0 Å². The monoisotopic (exact) mass is 1320 g/mol. The average molecular weight is 1320 g/mol. The molecule has 103 heavy (non-hydrogen) atoms. The first-order chi connectivity index (χ1) is 50.3. The Bertz CT molecular complexity index is 5820. The van der Waals surface area contributed by atoms with Gasteiger partial charge in [-0.25, -0.2) is 0 Å². The minimum absolute atomic E-state index is 0.182. The molecule has 3 aliphatic carbocycles. The van der Waals surface area contributed by atoms with E-state index in [0.717, 1.165) is 34.1 Å². The van der Waals surface area contributed by atoms with E-state index in [1.54, 1.807) is 0 Å². The van der Waals surface area contributed by atoms with Crippen LogP contribution in [-0.2, 0) is 16.2 Å². The van der Waals surface area contributed by atoms with Crippen LogP contribution in [0.15, 0.2) is 328 Å². The maximum absolute atomic E-state index is 2.44. The van der Waals surface area contributed by atoms with Crippen LogP contribution in [0.2, 0.25) is 0 Å². The molecule has 16 aromatic rings. The lowest BCUT2D eigenvalue weighted by Gasteiger charge is -2.28. The lowest BCUT2D eigenvalue weighted by molar-refractivity contribution is 0.660. The van der Waals surface area contributed by atoms with E-state index in [1.807, 2.05) is 0 Å². The highest BCUT2D eigenvalue weighted by Gasteiger charge is 2.39. The molecule has 2 nitrogen and oxygen atoms in total. The Kier molecular flexibility index (Phi) is 14.3. The van der Waals surface area contributed by atoms with E-state index in [0.29, 0.717) is 0 Å². The normalized spacial score (nSPS) is 14.1. The summed E-state index contributed by atoms with van der Waals surface area (Å²) in [6.07, 6.45) is 9.22. The van der Waals surface area contributed by atoms with Gasteiger partial charge in [-0.2, -0.15) is 0 Å². The minimum atomic E-state index is -0.232. The number of rotatable bonds is 12. The molecule has 0 saturated carbocycles. The average Bonchev–Trinajstić information content (AvgIpc) is 1.59. The van der Waals surface area contributed by atoms with E-state index >= 15 is 0 Å². The minimum Gasteiger partial charge on any atom is -0.310 e. The summed E-state index contributed by atoms with van der Waals surface area (Å²) >= 11 is 0. The molecular weight excluding hydrogens is 1240 g/mol. The van der Waals surface area contributed by atoms with Gasteiger partial charge in [0, 0.05) is 50.4 Å². The van der Waals surface area contributed by atoms with Crippen LogP contribution in [0, 0.1) is 0 Å². The van der Waals surface area contributed by atoms with Gasteiger partial charge in [0.1, 0.15) is 0 Å². The van der Waals surface area contributed by atoms with Gasteiger partial charge in [0.25, 0.3) is 0 Å². The van der Waals surface area contributed by atoms with Gasteiger partial charge in [-0.1, -0.05) is 321 Å². The first-order valence-corrected chi connectivity index (χ1v) is 36.3. The van der Waals surface area contributed by atoms with Gasteiger partial charge in [-0.3, -0.25) is 0 Å². The third-order valence-corrected chi connectivity index (χ3v) is 23.0. The maximum Gasteiger partial charge on any atom is 0.0468 e. The fourth-order valence-electron chi connectivity index (χ4n) is 17.4. The largest absolute Gasteiger partial charge is 0.310 e. The zero-order valence-electron chi connectivity index (χ0n) is 58.9. The first kappa shape index (κ1) is 61.7. The summed E-state index contributed by atoms with van der Waals surface area (Å²) in [7, 11) is 0. The van der Waals surface area contributed by atoms with Crippen LogP contribution in [0.3, 0.4) is 0 Å². The number of nitrogens with zero attached hydrogens (tertiary/aromatic N) is 2. The van der Waals surface area contributed by atoms with Gasteiger partial charge in [-0.15, -0.1) is 0 Å². The van der Waals surface area contributed by atoms with E-state index in [4.69, 9.17) is 0 Å². The standard InChI is InChI=1S/C101H76N2/c1-99(2)93-57-65(29-31-67-35-53-89-91-55-49-81(63-97(91)100(3,4)95(89)59-67)102(79-47-37-69-17-7-9-21-75(69)61-79)77-43-39-73(40-44-77)85-27-15-23-71-19-11-13-25-83(71)85)33-51-87(93)88-52-34-66(58-94(88)99)30-32-68-36-54-90-92-56-50-82(64-98(92)101(5,6)96(90)60-68)103(80-48-38-70-18-8-10-22-76(70)62-80)78-45-41-74(42-46-78)86-28-16-24-72-20-12-14-26-84(72)86/h7-64H,1-6H3/b31-29+,32-30+. The molecule has 0 unspecified atom stereocenters. The zero-order chi connectivity index (χ0) is 69.3. The van der Waals surface area contributed by atoms with Gasteiger partial charge in [-0.05, 0) is 227 Å². The molecule has 0 spiro atoms. The molecule has 16 aromatic carbocycles. The van der Waals surface area contributed by atoms with Gasteiger partial charge in [0.05, 0.1) is 0 Å². The van der Waals surface area contributed by atoms with Crippen LogP contribution < -0.4 is 9.80 Å². The summed E-state index contributed by atoms with van der Waals surface area (Å²) in [5, 5.41) is 9.92. The molecule has 0 N–H and O–H groups in total. The van der Waals surface area contributed by atoms with Crippen molar-refractivity contribution in [2.45, 2.75) is 57.8 Å². The predicted octanol–water partition coefficient (Wildman–Crippen LogP) is 27.8. The third-order valence-electron chi connectivity index (χ3n) is 23.0. The number of anilines is 6. The van der Waals surface area contributed by atoms with Crippen LogP contribution in [0.1, 0.15) is 97.2 Å². The number of fused-ring (bicyclic) bond motifs is 13. The predicted molar refractivity (Wildman–Crippen MR) is 440 cm³/mol. The Morgan fingerprint density at radius 3 is 0.806 bits per heavy atom. The SMILES string of the molecule is CC1(C)c2cc(/C=C/c3ccc4c(c3)C(C)(C)c3cc(N(c5ccc(-c6cccc7ccccc67)cc5)c5ccc6ccccc6c5)ccc3-4)ccc2-c2ccc(/C=C/c3ccc4c(c3)C(C)(C)c3cc(N(c5ccc(-c6cccc7ccccc67)cc5)c5ccc6ccccc6c5)ccc3-4)cc21. The molecule has 0 aromatic heterocycles. The van der Waals surface area contributed by atoms with Gasteiger partial charge in [0.15, 0.2) is 0 Å². The molecule has 0 fully saturated rings. The first-order valence-electron chi connectivity index (χ1n) is 36.3. The van der Waals surface area contributed by atoms with Crippen LogP contribution in [0.4, 0.5) is 34.1 Å². The zero-order valence-corrected chi connectivity index (χ0v) is 58.9. The van der Waals surface area contributed by atoms with Crippen LogP contribution in [0.25, 0.3) is 123 Å². The highest BCUT2D eigenvalue weighted by atomic mass is 15.1. The van der Waals surface area contributed by atoms with E-state index in [2.05, 4.69) is 403 Å². The van der Waals surface area contributed by atoms with Gasteiger partial charge < -0.3 is 9.80 Å². The smallest absolute Gasteiger partial charge is 0.0468 e. The molecule has 490 valence electrons. The van der Waals surface area contributed by atoms with Crippen LogP contribution in [0.5, 0.6) is 0 Å². The van der Waals surface area contributed by atoms with Gasteiger partial charge >= 0.3 is 0 Å². The number of benzene rings is 16. The molecule has 0 bridgehead atoms. The fraction of sp³-hybridized carbons (Fsp3) is 0.0891. The Hall–Kier alpha value is -12.4. The summed E-state index contributed by atoms with van der Waals surface area (Å²) in [4.78, 5) is 4.86. The molecular formula is C101H76N2. The van der Waals surface area contributed by atoms with E-state index in [9.17, 15) is 0 Å². The lowest BCUT2D eigenvalue weighted by atomic mass is 9.81. The van der Waals surface area contributed by atoms with Crippen molar-refractivity contribution in [3.8, 4) is 55.6 Å². The second-order valence-electron chi connectivity index (χ2n) is 30.1. The van der Waals surface area contributed by atoms with Crippen molar-refractivity contribution in [2.75, 3.05) is 9.80 Å². The van der Waals surface area contributed by atoms with E-state index < -0.39 is 0 Å². The summed E-state index contributed by atoms with van der Waals surface area (Å²) < 4.78 is 0. The molecule has 0 aliphatic heterocycles. The Morgan fingerprint density at radius 2 is 0.456 bits per heavy atom. The molecule has 2 heteroatoms. The fourth-order valence-corrected chi connectivity index (χ4v) is 17.4. The van der Waals surface area contributed by atoms with Crippen LogP contribution >= 0.6 is 0 Å². The summed E-state index contributed by atoms with van der Waals surface area (Å²) in [6.45, 7) is 14.4. The number of hydrogen-bond acceptors (Lipinski definition) is 2. The molecule has 0 heterocycles. The Labute approximate surface area is 604 Å². The van der Waals surface area contributed by atoms with Crippen molar-refractivity contribution in [1.82, 2.24) is 0 Å². The molecule has 0 atom stereocenters. The highest BCUT2D eigenvalue weighted by molar-refractivity contribution is 6.00. The van der Waals surface area contributed by atoms with E-state index in [-0.39, 0.29) is 16.2 Å². The molecule has 3 aliphatic rings. The summed E-state index contributed by atoms with van der Waals surface area (Å²) in [5.41, 5.74) is 31.8. The van der Waals surface area contributed by atoms with Gasteiger partial charge in [0.2, 0.25) is 0 Å². The molecule has 0 amide bonds. The van der Waals surface area contributed by atoms with Crippen molar-refractivity contribution in [3.63, 3.8) is 0 Å².